The Morgan fingerprint density at radius 1 is 1.08 bits per heavy atom. The number of ether oxygens (including phenoxy) is 2. The van der Waals surface area contributed by atoms with Crippen molar-refractivity contribution in [2.45, 2.75) is 33.2 Å². The zero-order valence-electron chi connectivity index (χ0n) is 15.2. The third-order valence-electron chi connectivity index (χ3n) is 3.60. The molecule has 0 bridgehead atoms. The minimum Gasteiger partial charge on any atom is -0.490 e. The Balaban J connectivity index is 2.14. The van der Waals surface area contributed by atoms with E-state index in [0.717, 1.165) is 18.4 Å². The second kappa shape index (κ2) is 9.67. The molecule has 0 aliphatic carbocycles. The lowest BCUT2D eigenvalue weighted by Crippen LogP contribution is -2.26. The second-order valence-electron chi connectivity index (χ2n) is 5.88. The number of carbonyl (C=O) groups excluding carboxylic acids is 1. The molecule has 2 aromatic rings. The molecular weight excluding hydrogens is 316 g/mol. The maximum absolute atomic E-state index is 12.7. The summed E-state index contributed by atoms with van der Waals surface area (Å²) in [6.07, 6.45) is 5.30. The molecule has 0 aliphatic heterocycles. The van der Waals surface area contributed by atoms with Crippen molar-refractivity contribution in [3.8, 4) is 11.5 Å². The number of hydrogen-bond donors (Lipinski definition) is 0. The monoisotopic (exact) mass is 342 g/mol. The molecule has 0 atom stereocenters. The molecular formula is C20H26N2O3. The second-order valence-corrected chi connectivity index (χ2v) is 5.88. The van der Waals surface area contributed by atoms with Crippen LogP contribution in [0, 0.1) is 0 Å². The fourth-order valence-corrected chi connectivity index (χ4v) is 2.35. The summed E-state index contributed by atoms with van der Waals surface area (Å²) in [5, 5.41) is 0. The van der Waals surface area contributed by atoms with E-state index in [4.69, 9.17) is 9.47 Å². The fraction of sp³-hybridized carbons (Fsp3) is 0.400. The lowest BCUT2D eigenvalue weighted by molar-refractivity contribution is 0.0784. The molecule has 5 nitrogen and oxygen atoms in total. The number of benzene rings is 1. The van der Waals surface area contributed by atoms with Crippen LogP contribution >= 0.6 is 0 Å². The molecule has 0 radical (unpaired) electrons. The first-order valence-corrected chi connectivity index (χ1v) is 8.69. The van der Waals surface area contributed by atoms with Gasteiger partial charge in [0.2, 0.25) is 0 Å². The van der Waals surface area contributed by atoms with E-state index in [2.05, 4.69) is 11.9 Å². The van der Waals surface area contributed by atoms with E-state index in [-0.39, 0.29) is 5.91 Å². The van der Waals surface area contributed by atoms with Gasteiger partial charge in [-0.05, 0) is 42.7 Å². The summed E-state index contributed by atoms with van der Waals surface area (Å²) >= 11 is 0. The number of pyridine rings is 1. The van der Waals surface area contributed by atoms with Crippen LogP contribution in [0.3, 0.4) is 0 Å². The predicted octanol–water partition coefficient (Wildman–Crippen LogP) is 3.93. The average Bonchev–Trinajstić information content (AvgIpc) is 2.65. The van der Waals surface area contributed by atoms with Crippen molar-refractivity contribution in [2.24, 2.45) is 0 Å². The number of aromatic nitrogens is 1. The van der Waals surface area contributed by atoms with E-state index < -0.39 is 0 Å². The average molecular weight is 342 g/mol. The van der Waals surface area contributed by atoms with Gasteiger partial charge in [0.05, 0.1) is 13.2 Å². The molecule has 0 spiro atoms. The molecule has 0 fully saturated rings. The van der Waals surface area contributed by atoms with E-state index in [1.165, 1.54) is 0 Å². The van der Waals surface area contributed by atoms with Gasteiger partial charge in [0.1, 0.15) is 0 Å². The van der Waals surface area contributed by atoms with Crippen LogP contribution in [-0.2, 0) is 6.54 Å². The lowest BCUT2D eigenvalue weighted by Gasteiger charge is -2.19. The molecule has 134 valence electrons. The highest BCUT2D eigenvalue weighted by Crippen LogP contribution is 2.29. The number of carbonyl (C=O) groups is 1. The van der Waals surface area contributed by atoms with Crippen molar-refractivity contribution in [3.05, 3.63) is 53.9 Å². The van der Waals surface area contributed by atoms with Crippen molar-refractivity contribution in [2.75, 3.05) is 20.3 Å². The molecule has 1 heterocycles. The van der Waals surface area contributed by atoms with Crippen molar-refractivity contribution in [1.29, 1.82) is 0 Å². The Morgan fingerprint density at radius 2 is 1.80 bits per heavy atom. The van der Waals surface area contributed by atoms with Crippen molar-refractivity contribution in [3.63, 3.8) is 0 Å². The summed E-state index contributed by atoms with van der Waals surface area (Å²) in [6, 6.07) is 9.18. The third-order valence-corrected chi connectivity index (χ3v) is 3.60. The fourth-order valence-electron chi connectivity index (χ4n) is 2.35. The van der Waals surface area contributed by atoms with Crippen LogP contribution in [0.15, 0.2) is 42.7 Å². The molecule has 1 amide bonds. The molecule has 5 heteroatoms. The van der Waals surface area contributed by atoms with Crippen LogP contribution in [0.5, 0.6) is 11.5 Å². The Bertz CT molecular complexity index is 674. The number of rotatable bonds is 9. The molecule has 0 saturated heterocycles. The van der Waals surface area contributed by atoms with Gasteiger partial charge in [-0.3, -0.25) is 9.78 Å². The summed E-state index contributed by atoms with van der Waals surface area (Å²) in [6.45, 7) is 5.81. The molecule has 0 saturated carbocycles. The zero-order chi connectivity index (χ0) is 18.1. The van der Waals surface area contributed by atoms with E-state index in [1.54, 1.807) is 36.5 Å². The molecule has 0 aliphatic rings. The van der Waals surface area contributed by atoms with Crippen LogP contribution in [0.2, 0.25) is 0 Å². The minimum atomic E-state index is -0.0627. The standard InChI is InChI=1S/C20H26N2O3/c1-4-11-24-18-9-8-17(13-19(18)25-12-5-2)20(23)22(3)15-16-7-6-10-21-14-16/h6-10,13-14H,4-5,11-12,15H2,1-3H3. The molecule has 25 heavy (non-hydrogen) atoms. The molecule has 1 aromatic carbocycles. The van der Waals surface area contributed by atoms with Gasteiger partial charge in [-0.1, -0.05) is 19.9 Å². The molecule has 1 aromatic heterocycles. The number of nitrogens with zero attached hydrogens (tertiary/aromatic N) is 2. The van der Waals surface area contributed by atoms with Gasteiger partial charge in [-0.15, -0.1) is 0 Å². The molecule has 0 unspecified atom stereocenters. The summed E-state index contributed by atoms with van der Waals surface area (Å²) in [5.74, 6) is 1.24. The Morgan fingerprint density at radius 3 is 2.44 bits per heavy atom. The number of hydrogen-bond acceptors (Lipinski definition) is 4. The highest BCUT2D eigenvalue weighted by Gasteiger charge is 2.15. The third kappa shape index (κ3) is 5.48. The van der Waals surface area contributed by atoms with Crippen LogP contribution in [-0.4, -0.2) is 36.1 Å². The first-order valence-electron chi connectivity index (χ1n) is 8.69. The van der Waals surface area contributed by atoms with Gasteiger partial charge < -0.3 is 14.4 Å². The van der Waals surface area contributed by atoms with Crippen molar-refractivity contribution >= 4 is 5.91 Å². The van der Waals surface area contributed by atoms with E-state index in [9.17, 15) is 4.79 Å². The minimum absolute atomic E-state index is 0.0627. The first-order chi connectivity index (χ1) is 12.2. The van der Waals surface area contributed by atoms with Gasteiger partial charge in [0, 0.05) is 31.5 Å². The van der Waals surface area contributed by atoms with E-state index in [1.807, 2.05) is 25.1 Å². The normalized spacial score (nSPS) is 10.4. The quantitative estimate of drug-likeness (QED) is 0.693. The highest BCUT2D eigenvalue weighted by molar-refractivity contribution is 5.94. The van der Waals surface area contributed by atoms with Crippen LogP contribution < -0.4 is 9.47 Å². The topological polar surface area (TPSA) is 51.7 Å². The van der Waals surface area contributed by atoms with Gasteiger partial charge in [0.15, 0.2) is 11.5 Å². The summed E-state index contributed by atoms with van der Waals surface area (Å²) in [4.78, 5) is 18.5. The number of amides is 1. The highest BCUT2D eigenvalue weighted by atomic mass is 16.5. The summed E-state index contributed by atoms with van der Waals surface area (Å²) < 4.78 is 11.5. The van der Waals surface area contributed by atoms with Gasteiger partial charge in [0.25, 0.3) is 5.91 Å². The summed E-state index contributed by atoms with van der Waals surface area (Å²) in [7, 11) is 1.78. The largest absolute Gasteiger partial charge is 0.490 e. The Hall–Kier alpha value is -2.56. The maximum atomic E-state index is 12.7. The molecule has 0 N–H and O–H groups in total. The molecule has 2 rings (SSSR count). The van der Waals surface area contributed by atoms with Crippen molar-refractivity contribution in [1.82, 2.24) is 9.88 Å². The van der Waals surface area contributed by atoms with E-state index in [0.29, 0.717) is 36.8 Å². The van der Waals surface area contributed by atoms with E-state index >= 15 is 0 Å². The van der Waals surface area contributed by atoms with Gasteiger partial charge >= 0.3 is 0 Å². The van der Waals surface area contributed by atoms with Crippen LogP contribution in [0.25, 0.3) is 0 Å². The lowest BCUT2D eigenvalue weighted by atomic mass is 10.1. The zero-order valence-corrected chi connectivity index (χ0v) is 15.2. The van der Waals surface area contributed by atoms with Gasteiger partial charge in [-0.25, -0.2) is 0 Å². The van der Waals surface area contributed by atoms with Crippen molar-refractivity contribution < 1.29 is 14.3 Å². The smallest absolute Gasteiger partial charge is 0.254 e. The summed E-state index contributed by atoms with van der Waals surface area (Å²) in [5.41, 5.74) is 1.57. The predicted molar refractivity (Wildman–Crippen MR) is 98.0 cm³/mol. The first kappa shape index (κ1) is 18.8. The van der Waals surface area contributed by atoms with Crippen LogP contribution in [0.1, 0.15) is 42.6 Å². The maximum Gasteiger partial charge on any atom is 0.254 e. The van der Waals surface area contributed by atoms with Crippen LogP contribution in [0.4, 0.5) is 0 Å². The van der Waals surface area contributed by atoms with Gasteiger partial charge in [-0.2, -0.15) is 0 Å². The Labute approximate surface area is 149 Å². The SMILES string of the molecule is CCCOc1ccc(C(=O)N(C)Cc2cccnc2)cc1OCCC. The Kier molecular flexibility index (Phi) is 7.26.